The van der Waals surface area contributed by atoms with Crippen LogP contribution in [0.1, 0.15) is 16.8 Å². The molecule has 2 rings (SSSR count). The minimum atomic E-state index is -0.160. The molecule has 6 heteroatoms. The number of nitrogens with zero attached hydrogens (tertiary/aromatic N) is 2. The summed E-state index contributed by atoms with van der Waals surface area (Å²) in [7, 11) is 0. The van der Waals surface area contributed by atoms with E-state index in [4.69, 9.17) is 10.5 Å². The van der Waals surface area contributed by atoms with E-state index in [2.05, 4.69) is 15.2 Å². The van der Waals surface area contributed by atoms with Crippen LogP contribution in [-0.4, -0.2) is 55.2 Å². The van der Waals surface area contributed by atoms with E-state index in [1.807, 2.05) is 0 Å². The first-order valence-corrected chi connectivity index (χ1v) is 6.56. The van der Waals surface area contributed by atoms with E-state index in [0.717, 1.165) is 39.3 Å². The van der Waals surface area contributed by atoms with Gasteiger partial charge in [0.25, 0.3) is 5.91 Å². The van der Waals surface area contributed by atoms with Gasteiger partial charge >= 0.3 is 0 Å². The predicted molar refractivity (Wildman–Crippen MR) is 72.9 cm³/mol. The molecule has 1 aliphatic heterocycles. The van der Waals surface area contributed by atoms with Crippen molar-refractivity contribution in [2.24, 2.45) is 0 Å². The monoisotopic (exact) mass is 264 g/mol. The third kappa shape index (κ3) is 4.18. The lowest BCUT2D eigenvalue weighted by Gasteiger charge is -2.26. The highest BCUT2D eigenvalue weighted by molar-refractivity contribution is 5.98. The summed E-state index contributed by atoms with van der Waals surface area (Å²) in [6, 6.07) is 3.39. The van der Waals surface area contributed by atoms with Crippen LogP contribution in [-0.2, 0) is 4.74 Å². The fraction of sp³-hybridized carbons (Fsp3) is 0.538. The molecule has 1 aromatic heterocycles. The van der Waals surface area contributed by atoms with E-state index in [1.54, 1.807) is 18.3 Å². The Labute approximate surface area is 112 Å². The molecule has 1 fully saturated rings. The fourth-order valence-corrected chi connectivity index (χ4v) is 2.03. The zero-order chi connectivity index (χ0) is 13.5. The van der Waals surface area contributed by atoms with Crippen molar-refractivity contribution in [3.63, 3.8) is 0 Å². The molecular formula is C13H20N4O2. The highest BCUT2D eigenvalue weighted by Crippen LogP contribution is 2.06. The van der Waals surface area contributed by atoms with Gasteiger partial charge < -0.3 is 15.8 Å². The molecule has 3 N–H and O–H groups in total. The zero-order valence-corrected chi connectivity index (χ0v) is 11.0. The Kier molecular flexibility index (Phi) is 5.11. The third-order valence-electron chi connectivity index (χ3n) is 3.12. The van der Waals surface area contributed by atoms with Crippen molar-refractivity contribution in [3.8, 4) is 0 Å². The number of nitrogen functional groups attached to an aromatic ring is 1. The van der Waals surface area contributed by atoms with Gasteiger partial charge in [0, 0.05) is 25.8 Å². The average molecular weight is 264 g/mol. The topological polar surface area (TPSA) is 80.5 Å². The molecule has 0 saturated carbocycles. The van der Waals surface area contributed by atoms with Crippen molar-refractivity contribution >= 4 is 11.7 Å². The van der Waals surface area contributed by atoms with Crippen molar-refractivity contribution in [2.75, 3.05) is 45.1 Å². The van der Waals surface area contributed by atoms with Gasteiger partial charge in [-0.2, -0.15) is 0 Å². The third-order valence-corrected chi connectivity index (χ3v) is 3.12. The summed E-state index contributed by atoms with van der Waals surface area (Å²) in [6.45, 7) is 5.18. The summed E-state index contributed by atoms with van der Waals surface area (Å²) in [5.74, 6) is 0.112. The number of pyridine rings is 1. The summed E-state index contributed by atoms with van der Waals surface area (Å²) in [5.41, 5.74) is 6.09. The fourth-order valence-electron chi connectivity index (χ4n) is 2.03. The Balaban J connectivity index is 1.68. The minimum Gasteiger partial charge on any atom is -0.383 e. The number of nitrogens with one attached hydrogen (secondary N) is 1. The van der Waals surface area contributed by atoms with E-state index in [0.29, 0.717) is 12.1 Å². The number of hydrogen-bond acceptors (Lipinski definition) is 5. The van der Waals surface area contributed by atoms with Crippen LogP contribution in [0.2, 0.25) is 0 Å². The quantitative estimate of drug-likeness (QED) is 0.738. The second kappa shape index (κ2) is 7.06. The molecule has 1 aliphatic rings. The summed E-state index contributed by atoms with van der Waals surface area (Å²) < 4.78 is 5.28. The number of rotatable bonds is 5. The number of nitrogens with two attached hydrogens (primary N) is 1. The molecule has 0 spiro atoms. The lowest BCUT2D eigenvalue weighted by Crippen LogP contribution is -2.38. The number of carbonyl (C=O) groups excluding carboxylic acids is 1. The molecule has 0 radical (unpaired) electrons. The minimum absolute atomic E-state index is 0.160. The van der Waals surface area contributed by atoms with Gasteiger partial charge in [0.1, 0.15) is 5.82 Å². The van der Waals surface area contributed by atoms with Crippen molar-refractivity contribution in [2.45, 2.75) is 6.42 Å². The molecule has 1 aromatic rings. The maximum Gasteiger partial charge on any atom is 0.255 e. The van der Waals surface area contributed by atoms with E-state index < -0.39 is 0 Å². The predicted octanol–water partition coefficient (Wildman–Crippen LogP) is 0.116. The van der Waals surface area contributed by atoms with Crippen LogP contribution in [0.15, 0.2) is 18.3 Å². The smallest absolute Gasteiger partial charge is 0.255 e. The first-order valence-electron chi connectivity index (χ1n) is 6.56. The van der Waals surface area contributed by atoms with Crippen LogP contribution in [0.25, 0.3) is 0 Å². The van der Waals surface area contributed by atoms with E-state index in [1.165, 1.54) is 0 Å². The molecule has 0 atom stereocenters. The zero-order valence-electron chi connectivity index (χ0n) is 11.0. The first-order chi connectivity index (χ1) is 9.27. The summed E-state index contributed by atoms with van der Waals surface area (Å²) >= 11 is 0. The van der Waals surface area contributed by atoms with Crippen LogP contribution < -0.4 is 11.1 Å². The van der Waals surface area contributed by atoms with Gasteiger partial charge in [0.05, 0.1) is 18.8 Å². The van der Waals surface area contributed by atoms with Crippen LogP contribution >= 0.6 is 0 Å². The number of amides is 1. The van der Waals surface area contributed by atoms with Crippen molar-refractivity contribution in [1.82, 2.24) is 15.2 Å². The average Bonchev–Trinajstić information content (AvgIpc) is 2.45. The van der Waals surface area contributed by atoms with Crippen LogP contribution in [0.5, 0.6) is 0 Å². The summed E-state index contributed by atoms with van der Waals surface area (Å²) in [4.78, 5) is 18.1. The number of carbonyl (C=O) groups is 1. The van der Waals surface area contributed by atoms with Gasteiger partial charge in [-0.3, -0.25) is 9.69 Å². The van der Waals surface area contributed by atoms with Gasteiger partial charge in [-0.25, -0.2) is 4.98 Å². The van der Waals surface area contributed by atoms with Crippen molar-refractivity contribution in [1.29, 1.82) is 0 Å². The lowest BCUT2D eigenvalue weighted by molar-refractivity contribution is 0.0374. The Morgan fingerprint density at radius 1 is 1.47 bits per heavy atom. The highest BCUT2D eigenvalue weighted by atomic mass is 16.5. The van der Waals surface area contributed by atoms with Crippen molar-refractivity contribution in [3.05, 3.63) is 23.9 Å². The maximum atomic E-state index is 11.9. The SMILES string of the molecule is Nc1ncccc1C(=O)NCCCN1CCOCC1. The molecule has 0 aliphatic carbocycles. The molecule has 104 valence electrons. The van der Waals surface area contributed by atoms with Crippen LogP contribution in [0, 0.1) is 0 Å². The van der Waals surface area contributed by atoms with Gasteiger partial charge in [0.15, 0.2) is 0 Å². The lowest BCUT2D eigenvalue weighted by atomic mass is 10.2. The Bertz CT molecular complexity index is 419. The molecule has 19 heavy (non-hydrogen) atoms. The van der Waals surface area contributed by atoms with E-state index in [9.17, 15) is 4.79 Å². The molecule has 1 amide bonds. The number of morpholine rings is 1. The first kappa shape index (κ1) is 13.8. The standard InChI is InChI=1S/C13H20N4O2/c14-12-11(3-1-4-15-12)13(18)16-5-2-6-17-7-9-19-10-8-17/h1,3-4H,2,5-10H2,(H2,14,15)(H,16,18). The largest absolute Gasteiger partial charge is 0.383 e. The number of aromatic nitrogens is 1. The van der Waals surface area contributed by atoms with Crippen LogP contribution in [0.3, 0.4) is 0 Å². The Morgan fingerprint density at radius 3 is 3.00 bits per heavy atom. The second-order valence-corrected chi connectivity index (χ2v) is 4.50. The maximum absolute atomic E-state index is 11.9. The Hall–Kier alpha value is -1.66. The Morgan fingerprint density at radius 2 is 2.26 bits per heavy atom. The molecule has 1 saturated heterocycles. The summed E-state index contributed by atoms with van der Waals surface area (Å²) in [5, 5.41) is 2.86. The molecule has 0 aromatic carbocycles. The highest BCUT2D eigenvalue weighted by Gasteiger charge is 2.11. The van der Waals surface area contributed by atoms with Gasteiger partial charge in [-0.1, -0.05) is 0 Å². The molecule has 6 nitrogen and oxygen atoms in total. The molecular weight excluding hydrogens is 244 g/mol. The van der Waals surface area contributed by atoms with E-state index >= 15 is 0 Å². The normalized spacial score (nSPS) is 16.2. The van der Waals surface area contributed by atoms with Gasteiger partial charge in [-0.15, -0.1) is 0 Å². The van der Waals surface area contributed by atoms with E-state index in [-0.39, 0.29) is 11.7 Å². The second-order valence-electron chi connectivity index (χ2n) is 4.50. The number of ether oxygens (including phenoxy) is 1. The van der Waals surface area contributed by atoms with Gasteiger partial charge in [0.2, 0.25) is 0 Å². The van der Waals surface area contributed by atoms with Gasteiger partial charge in [-0.05, 0) is 25.1 Å². The number of anilines is 1. The van der Waals surface area contributed by atoms with Crippen molar-refractivity contribution < 1.29 is 9.53 Å². The summed E-state index contributed by atoms with van der Waals surface area (Å²) in [6.07, 6.45) is 2.50. The molecule has 2 heterocycles. The molecule has 0 bridgehead atoms. The van der Waals surface area contributed by atoms with Crippen LogP contribution in [0.4, 0.5) is 5.82 Å². The molecule has 0 unspecified atom stereocenters. The number of hydrogen-bond donors (Lipinski definition) is 2.